The Hall–Kier alpha value is -3.23. The van der Waals surface area contributed by atoms with Crippen molar-refractivity contribution in [3.8, 4) is 0 Å². The van der Waals surface area contributed by atoms with Crippen LogP contribution >= 0.6 is 0 Å². The smallest absolute Gasteiger partial charge is 0.467 e. The van der Waals surface area contributed by atoms with E-state index in [-0.39, 0.29) is 12.3 Å². The molecule has 1 heterocycles. The molecule has 30 heavy (non-hydrogen) atoms. The minimum Gasteiger partial charge on any atom is -0.467 e. The number of carbonyl (C=O) groups excluding carboxylic acids is 2. The van der Waals surface area contributed by atoms with Crippen molar-refractivity contribution in [2.24, 2.45) is 0 Å². The van der Waals surface area contributed by atoms with Gasteiger partial charge in [0.05, 0.1) is 18.2 Å². The molecule has 0 bridgehead atoms. The number of esters is 1. The number of rotatable bonds is 8. The maximum Gasteiger partial charge on any atom is 0.493 e. The van der Waals surface area contributed by atoms with Crippen LogP contribution in [-0.2, 0) is 25.3 Å². The van der Waals surface area contributed by atoms with Crippen molar-refractivity contribution in [2.75, 3.05) is 21.3 Å². The number of fused-ring (bicyclic) bond motifs is 1. The summed E-state index contributed by atoms with van der Waals surface area (Å²) >= 11 is 0. The van der Waals surface area contributed by atoms with Crippen LogP contribution in [0.25, 0.3) is 10.9 Å². The first-order valence-corrected chi connectivity index (χ1v) is 9.44. The van der Waals surface area contributed by atoms with Crippen LogP contribution < -0.4 is 10.8 Å². The Balaban J connectivity index is 1.79. The molecule has 1 amide bonds. The molecule has 8 heteroatoms. The zero-order valence-corrected chi connectivity index (χ0v) is 17.1. The number of nitrogens with zero attached hydrogens (tertiary/aromatic N) is 1. The third-order valence-electron chi connectivity index (χ3n) is 4.80. The summed E-state index contributed by atoms with van der Waals surface area (Å²) in [5.74, 6) is -0.878. The minimum absolute atomic E-state index is 0.284. The Morgan fingerprint density at radius 1 is 1.00 bits per heavy atom. The quantitative estimate of drug-likeness (QED) is 0.453. The van der Waals surface area contributed by atoms with Crippen LogP contribution in [0.4, 0.5) is 0 Å². The van der Waals surface area contributed by atoms with Gasteiger partial charge in [-0.25, -0.2) is 4.79 Å². The van der Waals surface area contributed by atoms with Crippen LogP contribution in [0.3, 0.4) is 0 Å². The van der Waals surface area contributed by atoms with Gasteiger partial charge in [0, 0.05) is 32.2 Å². The highest BCUT2D eigenvalue weighted by atomic mass is 16.6. The second-order valence-electron chi connectivity index (χ2n) is 6.67. The predicted octanol–water partition coefficient (Wildman–Crippen LogP) is 1.74. The van der Waals surface area contributed by atoms with E-state index in [1.54, 1.807) is 26.5 Å². The lowest BCUT2D eigenvalue weighted by molar-refractivity contribution is -0.142. The lowest BCUT2D eigenvalue weighted by Gasteiger charge is -2.18. The van der Waals surface area contributed by atoms with Crippen LogP contribution in [0.15, 0.2) is 60.8 Å². The first-order valence-electron chi connectivity index (χ1n) is 9.44. The zero-order chi connectivity index (χ0) is 21.5. The van der Waals surface area contributed by atoms with Gasteiger partial charge in [0.1, 0.15) is 6.04 Å². The molecular formula is C22H23BN2O5. The summed E-state index contributed by atoms with van der Waals surface area (Å²) in [6.45, 7) is 0. The Bertz CT molecular complexity index is 1020. The van der Waals surface area contributed by atoms with Crippen LogP contribution in [0, 0.1) is 0 Å². The standard InChI is InChI=1S/C22H23BN2O5/c1-28-22(27)20(14-15-8-10-16(11-9-15)23(29-2)30-3)25-21(26)18-12-13-24-19-7-5-4-6-17(18)19/h4-13,20H,14H2,1-3H3,(H,25,26)/t20-/m0/s1. The predicted molar refractivity (Wildman–Crippen MR) is 115 cm³/mol. The fourth-order valence-corrected chi connectivity index (χ4v) is 3.28. The SMILES string of the molecule is COB(OC)c1ccc(C[C@H](NC(=O)c2ccnc3ccccc23)C(=O)OC)cc1. The number of para-hydroxylation sites is 1. The number of benzene rings is 2. The molecule has 3 aromatic rings. The average molecular weight is 406 g/mol. The van der Waals surface area contributed by atoms with Gasteiger partial charge in [-0.1, -0.05) is 42.5 Å². The summed E-state index contributed by atoms with van der Waals surface area (Å²) in [4.78, 5) is 29.5. The van der Waals surface area contributed by atoms with E-state index in [1.807, 2.05) is 48.5 Å². The fourth-order valence-electron chi connectivity index (χ4n) is 3.28. The van der Waals surface area contributed by atoms with E-state index in [1.165, 1.54) is 7.11 Å². The van der Waals surface area contributed by atoms with E-state index < -0.39 is 19.1 Å². The first-order chi connectivity index (χ1) is 14.6. The number of hydrogen-bond donors (Lipinski definition) is 1. The Labute approximate surface area is 175 Å². The molecule has 0 saturated heterocycles. The number of pyridine rings is 1. The van der Waals surface area contributed by atoms with Crippen molar-refractivity contribution in [1.29, 1.82) is 0 Å². The van der Waals surface area contributed by atoms with Crippen molar-refractivity contribution in [3.05, 3.63) is 71.9 Å². The van der Waals surface area contributed by atoms with Crippen molar-refractivity contribution < 1.29 is 23.6 Å². The van der Waals surface area contributed by atoms with Gasteiger partial charge in [0.25, 0.3) is 5.91 Å². The average Bonchev–Trinajstić information content (AvgIpc) is 2.79. The number of carbonyl (C=O) groups is 2. The topological polar surface area (TPSA) is 86.8 Å². The number of nitrogens with one attached hydrogen (secondary N) is 1. The molecule has 0 aliphatic rings. The summed E-state index contributed by atoms with van der Waals surface area (Å²) in [5, 5.41) is 3.51. The highest BCUT2D eigenvalue weighted by Crippen LogP contribution is 2.16. The lowest BCUT2D eigenvalue weighted by Crippen LogP contribution is -2.43. The minimum atomic E-state index is -0.832. The molecule has 2 aromatic carbocycles. The van der Waals surface area contributed by atoms with Crippen molar-refractivity contribution in [3.63, 3.8) is 0 Å². The molecule has 0 radical (unpaired) electrons. The molecule has 154 valence electrons. The second-order valence-corrected chi connectivity index (χ2v) is 6.67. The second kappa shape index (κ2) is 10.0. The van der Waals surface area contributed by atoms with Gasteiger partial charge in [-0.05, 0) is 23.2 Å². The molecular weight excluding hydrogens is 383 g/mol. The maximum absolute atomic E-state index is 12.9. The highest BCUT2D eigenvalue weighted by molar-refractivity contribution is 6.61. The monoisotopic (exact) mass is 406 g/mol. The van der Waals surface area contributed by atoms with E-state index in [2.05, 4.69) is 10.3 Å². The van der Waals surface area contributed by atoms with Gasteiger partial charge in [-0.15, -0.1) is 0 Å². The third kappa shape index (κ3) is 4.84. The zero-order valence-electron chi connectivity index (χ0n) is 17.1. The molecule has 0 saturated carbocycles. The van der Waals surface area contributed by atoms with Crippen molar-refractivity contribution >= 4 is 35.4 Å². The number of aromatic nitrogens is 1. The van der Waals surface area contributed by atoms with E-state index in [4.69, 9.17) is 14.0 Å². The summed E-state index contributed by atoms with van der Waals surface area (Å²) < 4.78 is 15.4. The van der Waals surface area contributed by atoms with Crippen LogP contribution in [0.2, 0.25) is 0 Å². The molecule has 1 N–H and O–H groups in total. The third-order valence-corrected chi connectivity index (χ3v) is 4.80. The van der Waals surface area contributed by atoms with E-state index in [0.29, 0.717) is 11.1 Å². The summed E-state index contributed by atoms with van der Waals surface area (Å²) in [6.07, 6.45) is 1.86. The van der Waals surface area contributed by atoms with Gasteiger partial charge in [-0.2, -0.15) is 0 Å². The molecule has 1 aromatic heterocycles. The molecule has 3 rings (SSSR count). The Morgan fingerprint density at radius 2 is 1.70 bits per heavy atom. The van der Waals surface area contributed by atoms with E-state index in [0.717, 1.165) is 16.4 Å². The van der Waals surface area contributed by atoms with E-state index >= 15 is 0 Å². The number of ether oxygens (including phenoxy) is 1. The van der Waals surface area contributed by atoms with Crippen LogP contribution in [0.5, 0.6) is 0 Å². The van der Waals surface area contributed by atoms with E-state index in [9.17, 15) is 9.59 Å². The summed E-state index contributed by atoms with van der Waals surface area (Å²) in [6, 6.07) is 15.6. The number of hydrogen-bond acceptors (Lipinski definition) is 6. The lowest BCUT2D eigenvalue weighted by atomic mass is 9.78. The van der Waals surface area contributed by atoms with Crippen LogP contribution in [0.1, 0.15) is 15.9 Å². The fraction of sp³-hybridized carbons (Fsp3) is 0.227. The van der Waals surface area contributed by atoms with Gasteiger partial charge < -0.3 is 19.4 Å². The molecule has 0 aliphatic carbocycles. The molecule has 0 fully saturated rings. The molecule has 1 atom stereocenters. The van der Waals surface area contributed by atoms with Gasteiger partial charge in [0.2, 0.25) is 0 Å². The normalized spacial score (nSPS) is 11.7. The molecule has 0 unspecified atom stereocenters. The Kier molecular flexibility index (Phi) is 7.16. The first kappa shape index (κ1) is 21.5. The summed E-state index contributed by atoms with van der Waals surface area (Å²) in [5.41, 5.74) is 2.87. The van der Waals surface area contributed by atoms with Crippen LogP contribution in [-0.4, -0.2) is 51.4 Å². The van der Waals surface area contributed by atoms with Gasteiger partial charge >= 0.3 is 13.1 Å². The molecule has 7 nitrogen and oxygen atoms in total. The number of methoxy groups -OCH3 is 1. The Morgan fingerprint density at radius 3 is 2.37 bits per heavy atom. The molecule has 0 spiro atoms. The van der Waals surface area contributed by atoms with Crippen molar-refractivity contribution in [2.45, 2.75) is 12.5 Å². The van der Waals surface area contributed by atoms with Crippen molar-refractivity contribution in [1.82, 2.24) is 10.3 Å². The summed E-state index contributed by atoms with van der Waals surface area (Å²) in [7, 11) is 3.96. The largest absolute Gasteiger partial charge is 0.493 e. The highest BCUT2D eigenvalue weighted by Gasteiger charge is 2.24. The maximum atomic E-state index is 12.9. The van der Waals surface area contributed by atoms with Gasteiger partial charge in [0.15, 0.2) is 0 Å². The molecule has 0 aliphatic heterocycles. The number of amides is 1. The van der Waals surface area contributed by atoms with Gasteiger partial charge in [-0.3, -0.25) is 9.78 Å².